The molecule has 0 saturated carbocycles. The Morgan fingerprint density at radius 2 is 1.32 bits per heavy atom. The van der Waals surface area contributed by atoms with Gasteiger partial charge in [-0.1, -0.05) is 78.9 Å². The number of para-hydroxylation sites is 1. The SMILES string of the molecule is CC(C)(C)OC(=O)[C@H](Cc1cn(OC(C)(C)C)c2ccccc12)N=C(c1ccccc1)c1ccccc1. The molecule has 0 amide bonds. The van der Waals surface area contributed by atoms with Crippen LogP contribution in [0.2, 0.25) is 0 Å². The Morgan fingerprint density at radius 3 is 1.86 bits per heavy atom. The van der Waals surface area contributed by atoms with Crippen LogP contribution in [-0.4, -0.2) is 33.7 Å². The monoisotopic (exact) mass is 496 g/mol. The van der Waals surface area contributed by atoms with Crippen LogP contribution in [0, 0.1) is 0 Å². The van der Waals surface area contributed by atoms with Gasteiger partial charge < -0.3 is 9.57 Å². The smallest absolute Gasteiger partial charge is 0.331 e. The maximum atomic E-state index is 13.6. The van der Waals surface area contributed by atoms with Gasteiger partial charge in [0.25, 0.3) is 0 Å². The minimum absolute atomic E-state index is 0.356. The maximum absolute atomic E-state index is 13.6. The number of hydrogen-bond donors (Lipinski definition) is 0. The summed E-state index contributed by atoms with van der Waals surface area (Å²) in [6.07, 6.45) is 2.34. The molecule has 0 aliphatic rings. The van der Waals surface area contributed by atoms with Crippen LogP contribution in [0.25, 0.3) is 10.9 Å². The molecule has 0 fully saturated rings. The maximum Gasteiger partial charge on any atom is 0.331 e. The van der Waals surface area contributed by atoms with E-state index < -0.39 is 11.6 Å². The number of aliphatic imine (C=N–C) groups is 1. The summed E-state index contributed by atoms with van der Waals surface area (Å²) >= 11 is 0. The molecule has 5 nitrogen and oxygen atoms in total. The summed E-state index contributed by atoms with van der Waals surface area (Å²) in [6, 6.07) is 27.2. The van der Waals surface area contributed by atoms with Crippen molar-refractivity contribution >= 4 is 22.6 Å². The van der Waals surface area contributed by atoms with Gasteiger partial charge in [0, 0.05) is 29.1 Å². The van der Waals surface area contributed by atoms with E-state index in [4.69, 9.17) is 14.6 Å². The van der Waals surface area contributed by atoms with Crippen LogP contribution in [0.3, 0.4) is 0 Å². The summed E-state index contributed by atoms with van der Waals surface area (Å²) in [5, 5.41) is 1.02. The molecule has 0 spiro atoms. The highest BCUT2D eigenvalue weighted by atomic mass is 16.7. The fraction of sp³-hybridized carbons (Fsp3) is 0.312. The lowest BCUT2D eigenvalue weighted by molar-refractivity contribution is -0.156. The zero-order valence-corrected chi connectivity index (χ0v) is 22.6. The number of esters is 1. The number of fused-ring (bicyclic) bond motifs is 1. The molecule has 1 heterocycles. The van der Waals surface area contributed by atoms with Gasteiger partial charge in [-0.15, -0.1) is 0 Å². The zero-order chi connectivity index (χ0) is 26.6. The summed E-state index contributed by atoms with van der Waals surface area (Å²) in [5.41, 5.74) is 3.56. The topological polar surface area (TPSA) is 52.8 Å². The molecule has 1 aromatic heterocycles. The third kappa shape index (κ3) is 6.88. The highest BCUT2D eigenvalue weighted by Gasteiger charge is 2.28. The van der Waals surface area contributed by atoms with Crippen molar-refractivity contribution in [3.05, 3.63) is 108 Å². The van der Waals surface area contributed by atoms with E-state index in [0.29, 0.717) is 6.42 Å². The van der Waals surface area contributed by atoms with E-state index in [0.717, 1.165) is 33.3 Å². The summed E-state index contributed by atoms with van der Waals surface area (Å²) in [5.74, 6) is -0.356. The van der Waals surface area contributed by atoms with Gasteiger partial charge in [0.2, 0.25) is 0 Å². The first-order valence-electron chi connectivity index (χ1n) is 12.7. The van der Waals surface area contributed by atoms with E-state index in [2.05, 4.69) is 6.07 Å². The number of carbonyl (C=O) groups is 1. The Kier molecular flexibility index (Phi) is 7.53. The second kappa shape index (κ2) is 10.6. The summed E-state index contributed by atoms with van der Waals surface area (Å²) in [6.45, 7) is 11.7. The van der Waals surface area contributed by atoms with Gasteiger partial charge in [-0.05, 0) is 53.2 Å². The number of carbonyl (C=O) groups excluding carboxylic acids is 1. The lowest BCUT2D eigenvalue weighted by Crippen LogP contribution is -2.33. The molecule has 0 aliphatic carbocycles. The van der Waals surface area contributed by atoms with Crippen molar-refractivity contribution in [3.63, 3.8) is 0 Å². The summed E-state index contributed by atoms with van der Waals surface area (Å²) in [7, 11) is 0. The quantitative estimate of drug-likeness (QED) is 0.212. The van der Waals surface area contributed by atoms with Gasteiger partial charge in [0.05, 0.1) is 11.2 Å². The zero-order valence-electron chi connectivity index (χ0n) is 22.6. The molecule has 1 atom stereocenters. The second-order valence-electron chi connectivity index (χ2n) is 11.2. The predicted octanol–water partition coefficient (Wildman–Crippen LogP) is 6.66. The first kappa shape index (κ1) is 26.2. The molecule has 3 aromatic carbocycles. The molecule has 0 aliphatic heterocycles. The van der Waals surface area contributed by atoms with Crippen molar-refractivity contribution in [2.24, 2.45) is 4.99 Å². The molecule has 4 aromatic rings. The first-order chi connectivity index (χ1) is 17.5. The Bertz CT molecular complexity index is 1330. The highest BCUT2D eigenvalue weighted by Crippen LogP contribution is 2.25. The van der Waals surface area contributed by atoms with Crippen LogP contribution in [0.1, 0.15) is 58.2 Å². The average molecular weight is 497 g/mol. The van der Waals surface area contributed by atoms with Crippen LogP contribution in [0.5, 0.6) is 0 Å². The van der Waals surface area contributed by atoms with E-state index in [9.17, 15) is 4.79 Å². The molecule has 5 heteroatoms. The lowest BCUT2D eigenvalue weighted by Gasteiger charge is -2.23. The third-order valence-electron chi connectivity index (χ3n) is 5.60. The molecular formula is C32H36N2O3. The third-order valence-corrected chi connectivity index (χ3v) is 5.60. The van der Waals surface area contributed by atoms with Gasteiger partial charge in [0.15, 0.2) is 6.04 Å². The van der Waals surface area contributed by atoms with Crippen LogP contribution in [0.15, 0.2) is 96.1 Å². The molecule has 0 saturated heterocycles. The van der Waals surface area contributed by atoms with Crippen LogP contribution >= 0.6 is 0 Å². The largest absolute Gasteiger partial charge is 0.458 e. The molecule has 0 unspecified atom stereocenters. The van der Waals surface area contributed by atoms with Crippen LogP contribution < -0.4 is 4.84 Å². The number of ether oxygens (including phenoxy) is 1. The number of hydrogen-bond acceptors (Lipinski definition) is 4. The fourth-order valence-electron chi connectivity index (χ4n) is 4.17. The van der Waals surface area contributed by atoms with Gasteiger partial charge >= 0.3 is 5.97 Å². The van der Waals surface area contributed by atoms with E-state index in [1.165, 1.54) is 0 Å². The van der Waals surface area contributed by atoms with Gasteiger partial charge in [0.1, 0.15) is 11.2 Å². The predicted molar refractivity (Wildman–Crippen MR) is 150 cm³/mol. The number of aromatic nitrogens is 1. The van der Waals surface area contributed by atoms with E-state index in [1.807, 2.05) is 127 Å². The van der Waals surface area contributed by atoms with Crippen LogP contribution in [0.4, 0.5) is 0 Å². The highest BCUT2D eigenvalue weighted by molar-refractivity contribution is 6.13. The average Bonchev–Trinajstić information content (AvgIpc) is 3.17. The molecule has 0 bridgehead atoms. The Hall–Kier alpha value is -3.86. The minimum atomic E-state index is -0.747. The molecule has 192 valence electrons. The molecule has 37 heavy (non-hydrogen) atoms. The van der Waals surface area contributed by atoms with Gasteiger partial charge in [-0.3, -0.25) is 4.99 Å². The van der Waals surface area contributed by atoms with Crippen molar-refractivity contribution in [2.75, 3.05) is 0 Å². The number of benzene rings is 3. The van der Waals surface area contributed by atoms with Gasteiger partial charge in [-0.2, -0.15) is 4.73 Å². The molecule has 0 radical (unpaired) electrons. The minimum Gasteiger partial charge on any atom is -0.458 e. The second-order valence-corrected chi connectivity index (χ2v) is 11.2. The van der Waals surface area contributed by atoms with Crippen molar-refractivity contribution in [1.82, 2.24) is 4.73 Å². The van der Waals surface area contributed by atoms with Crippen molar-refractivity contribution in [3.8, 4) is 0 Å². The number of rotatable bonds is 7. The van der Waals surface area contributed by atoms with E-state index in [1.54, 1.807) is 4.73 Å². The molecule has 0 N–H and O–H groups in total. The molecular weight excluding hydrogens is 460 g/mol. The summed E-state index contributed by atoms with van der Waals surface area (Å²) in [4.78, 5) is 24.8. The fourth-order valence-corrected chi connectivity index (χ4v) is 4.17. The van der Waals surface area contributed by atoms with Crippen molar-refractivity contribution < 1.29 is 14.4 Å². The van der Waals surface area contributed by atoms with Gasteiger partial charge in [-0.25, -0.2) is 4.79 Å². The van der Waals surface area contributed by atoms with Crippen molar-refractivity contribution in [1.29, 1.82) is 0 Å². The lowest BCUT2D eigenvalue weighted by atomic mass is 10.0. The normalized spacial score (nSPS) is 12.7. The number of nitrogens with zero attached hydrogens (tertiary/aromatic N) is 2. The summed E-state index contributed by atoms with van der Waals surface area (Å²) < 4.78 is 7.66. The standard InChI is InChI=1S/C32H36N2O3/c1-31(2,3)36-30(35)27(33-29(23-15-9-7-10-16-23)24-17-11-8-12-18-24)21-25-22-34(37-32(4,5)6)28-20-14-13-19-26(25)28/h7-20,22,27H,21H2,1-6H3/t27-/m0/s1. The Balaban J connectivity index is 1.83. The first-order valence-corrected chi connectivity index (χ1v) is 12.7. The van der Waals surface area contributed by atoms with Crippen molar-refractivity contribution in [2.45, 2.75) is 65.2 Å². The van der Waals surface area contributed by atoms with E-state index >= 15 is 0 Å². The van der Waals surface area contributed by atoms with Crippen LogP contribution in [-0.2, 0) is 16.0 Å². The Morgan fingerprint density at radius 1 is 0.784 bits per heavy atom. The van der Waals surface area contributed by atoms with E-state index in [-0.39, 0.29) is 11.6 Å². The Labute approximate surface area is 219 Å². The molecule has 4 rings (SSSR count).